The monoisotopic (exact) mass is 448 g/mol. The van der Waals surface area contributed by atoms with Crippen LogP contribution in [0, 0.1) is 0 Å². The third-order valence-corrected chi connectivity index (χ3v) is 5.97. The van der Waals surface area contributed by atoms with Crippen LogP contribution in [0.2, 0.25) is 0 Å². The second-order valence-corrected chi connectivity index (χ2v) is 8.54. The van der Waals surface area contributed by atoms with Gasteiger partial charge in [0.1, 0.15) is 5.75 Å². The van der Waals surface area contributed by atoms with Gasteiger partial charge in [-0.1, -0.05) is 72.8 Å². The third-order valence-electron chi connectivity index (χ3n) is 5.97. The van der Waals surface area contributed by atoms with Gasteiger partial charge in [-0.25, -0.2) is 0 Å². The second kappa shape index (κ2) is 12.5. The normalized spacial score (nSPS) is 14.3. The molecule has 0 heterocycles. The molecule has 5 heteroatoms. The molecule has 3 rings (SSSR count). The second-order valence-electron chi connectivity index (χ2n) is 8.54. The Kier molecular flexibility index (Phi) is 9.46. The lowest BCUT2D eigenvalue weighted by atomic mass is 10.0. The zero-order valence-electron chi connectivity index (χ0n) is 19.8. The molecule has 5 nitrogen and oxygen atoms in total. The largest absolute Gasteiger partial charge is 0.406 e. The first kappa shape index (κ1) is 24.9. The fraction of sp³-hybridized carbons (Fsp3) is 0.357. The first-order chi connectivity index (χ1) is 16.0. The molecule has 2 N–H and O–H groups in total. The summed E-state index contributed by atoms with van der Waals surface area (Å²) in [6.07, 6.45) is -0.457. The minimum atomic E-state index is -0.628. The van der Waals surface area contributed by atoms with Gasteiger partial charge in [0.2, 0.25) is 0 Å². The van der Waals surface area contributed by atoms with E-state index in [0.29, 0.717) is 13.1 Å². The fourth-order valence-electron chi connectivity index (χ4n) is 3.84. The maximum absolute atomic E-state index is 10.9. The number of hydrogen-bond acceptors (Lipinski definition) is 5. The van der Waals surface area contributed by atoms with Crippen molar-refractivity contribution in [2.75, 3.05) is 26.7 Å². The van der Waals surface area contributed by atoms with Crippen LogP contribution in [0.15, 0.2) is 84.9 Å². The highest BCUT2D eigenvalue weighted by atomic mass is 16.7. The van der Waals surface area contributed by atoms with Crippen molar-refractivity contribution in [1.29, 1.82) is 0 Å². The van der Waals surface area contributed by atoms with E-state index in [2.05, 4.69) is 24.0 Å². The van der Waals surface area contributed by atoms with Crippen LogP contribution in [-0.4, -0.2) is 52.9 Å². The summed E-state index contributed by atoms with van der Waals surface area (Å²) < 4.78 is 0. The molecule has 0 saturated carbocycles. The molecule has 0 saturated heterocycles. The Morgan fingerprint density at radius 3 is 1.70 bits per heavy atom. The minimum Gasteiger partial charge on any atom is -0.406 e. The summed E-state index contributed by atoms with van der Waals surface area (Å²) in [6, 6.07) is 27.6. The SMILES string of the molecule is CCN(C)Oc1ccc(C[C@@H](C)N(C[C@H](O)c2ccccc2)C[C@H](O)c2ccccc2)cc1. The Hall–Kier alpha value is -2.70. The van der Waals surface area contributed by atoms with Crippen LogP contribution in [0.25, 0.3) is 0 Å². The van der Waals surface area contributed by atoms with Crippen molar-refractivity contribution < 1.29 is 15.1 Å². The van der Waals surface area contributed by atoms with E-state index in [0.717, 1.165) is 29.8 Å². The highest BCUT2D eigenvalue weighted by Gasteiger charge is 2.22. The van der Waals surface area contributed by atoms with Crippen molar-refractivity contribution in [2.45, 2.75) is 38.5 Å². The van der Waals surface area contributed by atoms with Gasteiger partial charge in [-0.3, -0.25) is 4.90 Å². The third kappa shape index (κ3) is 7.69. The molecule has 33 heavy (non-hydrogen) atoms. The quantitative estimate of drug-likeness (QED) is 0.396. The number of aliphatic hydroxyl groups excluding tert-OH is 2. The Morgan fingerprint density at radius 1 is 0.758 bits per heavy atom. The van der Waals surface area contributed by atoms with Crippen LogP contribution in [0.5, 0.6) is 5.75 Å². The lowest BCUT2D eigenvalue weighted by Gasteiger charge is -2.33. The molecule has 176 valence electrons. The molecule has 0 fully saturated rings. The summed E-state index contributed by atoms with van der Waals surface area (Å²) in [6.45, 7) is 5.87. The van der Waals surface area contributed by atoms with Crippen LogP contribution < -0.4 is 4.84 Å². The smallest absolute Gasteiger partial charge is 0.147 e. The van der Waals surface area contributed by atoms with E-state index in [4.69, 9.17) is 4.84 Å². The molecular weight excluding hydrogens is 412 g/mol. The van der Waals surface area contributed by atoms with Crippen molar-refractivity contribution in [2.24, 2.45) is 0 Å². The van der Waals surface area contributed by atoms with Crippen LogP contribution in [-0.2, 0) is 6.42 Å². The molecule has 0 aliphatic rings. The van der Waals surface area contributed by atoms with Gasteiger partial charge in [-0.15, -0.1) is 5.06 Å². The zero-order chi connectivity index (χ0) is 23.6. The van der Waals surface area contributed by atoms with Gasteiger partial charge in [0, 0.05) is 32.7 Å². The topological polar surface area (TPSA) is 56.2 Å². The molecule has 0 radical (unpaired) electrons. The van der Waals surface area contributed by atoms with Crippen LogP contribution >= 0.6 is 0 Å². The lowest BCUT2D eigenvalue weighted by Crippen LogP contribution is -2.40. The summed E-state index contributed by atoms with van der Waals surface area (Å²) >= 11 is 0. The molecule has 0 aliphatic heterocycles. The number of hydrogen-bond donors (Lipinski definition) is 2. The molecule has 3 aromatic carbocycles. The van der Waals surface area contributed by atoms with Gasteiger partial charge >= 0.3 is 0 Å². The fourth-order valence-corrected chi connectivity index (χ4v) is 3.84. The summed E-state index contributed by atoms with van der Waals surface area (Å²) in [5.41, 5.74) is 2.94. The van der Waals surface area contributed by atoms with Crippen molar-refractivity contribution in [3.8, 4) is 5.75 Å². The summed E-state index contributed by atoms with van der Waals surface area (Å²) in [7, 11) is 1.91. The highest BCUT2D eigenvalue weighted by Crippen LogP contribution is 2.22. The van der Waals surface area contributed by atoms with Crippen molar-refractivity contribution in [1.82, 2.24) is 9.96 Å². The summed E-state index contributed by atoms with van der Waals surface area (Å²) in [5, 5.41) is 23.6. The number of aliphatic hydroxyl groups is 2. The Balaban J connectivity index is 1.71. The van der Waals surface area contributed by atoms with Crippen molar-refractivity contribution in [3.05, 3.63) is 102 Å². The lowest BCUT2D eigenvalue weighted by molar-refractivity contribution is -0.0263. The molecule has 0 spiro atoms. The highest BCUT2D eigenvalue weighted by molar-refractivity contribution is 5.28. The van der Waals surface area contributed by atoms with Crippen LogP contribution in [0.3, 0.4) is 0 Å². The molecular formula is C28H36N2O3. The van der Waals surface area contributed by atoms with Gasteiger partial charge in [0.05, 0.1) is 12.2 Å². The molecule has 0 aliphatic carbocycles. The maximum Gasteiger partial charge on any atom is 0.147 e. The minimum absolute atomic E-state index is 0.117. The van der Waals surface area contributed by atoms with Gasteiger partial charge in [-0.2, -0.15) is 0 Å². The average molecular weight is 449 g/mol. The predicted octanol–water partition coefficient (Wildman–Crippen LogP) is 4.63. The predicted molar refractivity (Wildman–Crippen MR) is 133 cm³/mol. The van der Waals surface area contributed by atoms with E-state index in [-0.39, 0.29) is 6.04 Å². The number of hydroxylamine groups is 2. The van der Waals surface area contributed by atoms with Crippen molar-refractivity contribution in [3.63, 3.8) is 0 Å². The summed E-state index contributed by atoms with van der Waals surface area (Å²) in [5.74, 6) is 0.812. The Bertz CT molecular complexity index is 887. The van der Waals surface area contributed by atoms with Gasteiger partial charge in [0.15, 0.2) is 0 Å². The number of benzene rings is 3. The molecule has 0 unspecified atom stereocenters. The summed E-state index contributed by atoms with van der Waals surface area (Å²) in [4.78, 5) is 7.90. The molecule has 3 aromatic rings. The molecule has 3 atom stereocenters. The van der Waals surface area contributed by atoms with E-state index < -0.39 is 12.2 Å². The van der Waals surface area contributed by atoms with E-state index in [9.17, 15) is 10.2 Å². The Labute approximate surface area is 197 Å². The van der Waals surface area contributed by atoms with Gasteiger partial charge in [0.25, 0.3) is 0 Å². The molecule has 0 aromatic heterocycles. The standard InChI is InChI=1S/C28H36N2O3/c1-4-29(3)33-26-17-15-23(16-18-26)19-22(2)30(20-27(31)24-11-7-5-8-12-24)21-28(32)25-13-9-6-10-14-25/h5-18,22,27-28,31-32H,4,19-21H2,1-3H3/t22-,27+,28+/m1/s1. The number of nitrogens with zero attached hydrogens (tertiary/aromatic N) is 2. The van der Waals surface area contributed by atoms with E-state index in [1.54, 1.807) is 5.06 Å². The van der Waals surface area contributed by atoms with Gasteiger partial charge in [-0.05, 0) is 49.1 Å². The molecule has 0 amide bonds. The van der Waals surface area contributed by atoms with Crippen molar-refractivity contribution >= 4 is 0 Å². The maximum atomic E-state index is 10.9. The zero-order valence-corrected chi connectivity index (χ0v) is 19.8. The van der Waals surface area contributed by atoms with Crippen LogP contribution in [0.4, 0.5) is 0 Å². The molecule has 0 bridgehead atoms. The number of rotatable bonds is 12. The van der Waals surface area contributed by atoms with E-state index in [1.165, 1.54) is 5.56 Å². The Morgan fingerprint density at radius 2 is 1.24 bits per heavy atom. The van der Waals surface area contributed by atoms with E-state index >= 15 is 0 Å². The first-order valence-corrected chi connectivity index (χ1v) is 11.6. The van der Waals surface area contributed by atoms with E-state index in [1.807, 2.05) is 86.8 Å². The first-order valence-electron chi connectivity index (χ1n) is 11.6. The average Bonchev–Trinajstić information content (AvgIpc) is 2.85. The van der Waals surface area contributed by atoms with Crippen LogP contribution in [0.1, 0.15) is 42.7 Å². The van der Waals surface area contributed by atoms with Gasteiger partial charge < -0.3 is 15.1 Å².